The van der Waals surface area contributed by atoms with Gasteiger partial charge in [0, 0.05) is 0 Å². The van der Waals surface area contributed by atoms with Crippen molar-refractivity contribution in [2.24, 2.45) is 0 Å². The van der Waals surface area contributed by atoms with E-state index in [9.17, 15) is 0 Å². The summed E-state index contributed by atoms with van der Waals surface area (Å²) in [5, 5.41) is 0. The predicted octanol–water partition coefficient (Wildman–Crippen LogP) is 7.39. The second-order valence-electron chi connectivity index (χ2n) is 3.98. The highest BCUT2D eigenvalue weighted by atomic mass is 14.1. The average molecular weight is 299 g/mol. The summed E-state index contributed by atoms with van der Waals surface area (Å²) in [6.07, 6.45) is 11.5. The molecule has 1 aliphatic carbocycles. The van der Waals surface area contributed by atoms with Crippen molar-refractivity contribution in [3.63, 3.8) is 0 Å². The largest absolute Gasteiger partial charge is 0.0991 e. The van der Waals surface area contributed by atoms with Gasteiger partial charge in [-0.15, -0.1) is 0 Å². The van der Waals surface area contributed by atoms with E-state index in [4.69, 9.17) is 0 Å². The van der Waals surface area contributed by atoms with E-state index in [1.807, 2.05) is 53.7 Å². The van der Waals surface area contributed by atoms with Gasteiger partial charge in [-0.2, -0.15) is 0 Å². The molecule has 0 heterocycles. The van der Waals surface area contributed by atoms with Crippen LogP contribution in [0, 0.1) is 0 Å². The van der Waals surface area contributed by atoms with Crippen molar-refractivity contribution in [2.75, 3.05) is 0 Å². The van der Waals surface area contributed by atoms with Crippen LogP contribution in [-0.2, 0) is 6.42 Å². The molecule has 0 heteroatoms. The van der Waals surface area contributed by atoms with E-state index in [1.165, 1.54) is 22.3 Å². The van der Waals surface area contributed by atoms with Crippen molar-refractivity contribution >= 4 is 6.08 Å². The molecule has 0 nitrogen and oxygen atoms in total. The van der Waals surface area contributed by atoms with Crippen LogP contribution in [-0.4, -0.2) is 0 Å². The molecule has 0 atom stereocenters. The summed E-state index contributed by atoms with van der Waals surface area (Å²) in [6, 6.07) is 8.55. The molecular weight excluding hydrogens is 264 g/mol. The number of benzene rings is 1. The van der Waals surface area contributed by atoms with E-state index in [2.05, 4.69) is 56.0 Å². The summed E-state index contributed by atoms with van der Waals surface area (Å²) < 4.78 is 0. The Kier molecular flexibility index (Phi) is 15.9. The van der Waals surface area contributed by atoms with Crippen molar-refractivity contribution in [2.45, 2.75) is 54.9 Å². The summed E-state index contributed by atoms with van der Waals surface area (Å²) in [7, 11) is 0. The van der Waals surface area contributed by atoms with Crippen LogP contribution < -0.4 is 0 Å². The number of rotatable bonds is 2. The minimum atomic E-state index is 1.02. The molecule has 0 aromatic heterocycles. The van der Waals surface area contributed by atoms with Gasteiger partial charge in [0.05, 0.1) is 0 Å². The minimum Gasteiger partial charge on any atom is -0.0991 e. The van der Waals surface area contributed by atoms with Gasteiger partial charge in [-0.05, 0) is 41.7 Å². The molecule has 0 spiro atoms. The monoisotopic (exact) mass is 298 g/mol. The third kappa shape index (κ3) is 7.83. The molecule has 0 N–H and O–H groups in total. The van der Waals surface area contributed by atoms with Crippen molar-refractivity contribution < 1.29 is 0 Å². The zero-order valence-electron chi connectivity index (χ0n) is 15.6. The summed E-state index contributed by atoms with van der Waals surface area (Å²) in [4.78, 5) is 0. The van der Waals surface area contributed by atoms with Crippen LogP contribution in [0.15, 0.2) is 66.3 Å². The lowest BCUT2D eigenvalue weighted by Gasteiger charge is -2.01. The lowest BCUT2D eigenvalue weighted by molar-refractivity contribution is 1.24. The summed E-state index contributed by atoms with van der Waals surface area (Å²) in [5.41, 5.74) is 5.31. The first-order valence-electron chi connectivity index (χ1n) is 8.57. The van der Waals surface area contributed by atoms with Gasteiger partial charge in [-0.1, -0.05) is 96.7 Å². The van der Waals surface area contributed by atoms with Gasteiger partial charge in [0.1, 0.15) is 0 Å². The van der Waals surface area contributed by atoms with Gasteiger partial charge in [0.15, 0.2) is 0 Å². The summed E-state index contributed by atoms with van der Waals surface area (Å²) >= 11 is 0. The van der Waals surface area contributed by atoms with E-state index in [1.54, 1.807) is 0 Å². The lowest BCUT2D eigenvalue weighted by Crippen LogP contribution is -1.83. The highest BCUT2D eigenvalue weighted by Crippen LogP contribution is 2.23. The first kappa shape index (κ1) is 22.5. The standard InChI is InChI=1S/C16H16.3C2H6/c1-3-4-7-15-12-16-9-6-5-8-14(16)11-10-13(15)2;3*1-2/h3-10,12H,1,11H2,2H3;3*1-2H3/b7-4-;;;. The Balaban J connectivity index is 0. The number of fused-ring (bicyclic) bond motifs is 1. The SMILES string of the molecule is C=C/C=C\C1=Cc2ccccc2CC=C1C.CC.CC.CC. The van der Waals surface area contributed by atoms with Crippen LogP contribution in [0.1, 0.15) is 59.6 Å². The maximum absolute atomic E-state index is 3.70. The molecule has 1 aromatic carbocycles. The molecule has 0 saturated carbocycles. The zero-order chi connectivity index (χ0) is 17.4. The van der Waals surface area contributed by atoms with Gasteiger partial charge in [-0.3, -0.25) is 0 Å². The Hall–Kier alpha value is -1.82. The van der Waals surface area contributed by atoms with Gasteiger partial charge in [0.2, 0.25) is 0 Å². The quantitative estimate of drug-likeness (QED) is 0.499. The average Bonchev–Trinajstić information content (AvgIpc) is 2.78. The van der Waals surface area contributed by atoms with Crippen molar-refractivity contribution in [3.05, 3.63) is 77.4 Å². The highest BCUT2D eigenvalue weighted by molar-refractivity contribution is 5.66. The smallest absolute Gasteiger partial charge is 0.00856 e. The maximum atomic E-state index is 3.70. The number of hydrogen-bond acceptors (Lipinski definition) is 0. The Bertz CT molecular complexity index is 485. The van der Waals surface area contributed by atoms with Gasteiger partial charge in [-0.25, -0.2) is 0 Å². The maximum Gasteiger partial charge on any atom is -0.00856 e. The first-order valence-corrected chi connectivity index (χ1v) is 8.57. The third-order valence-corrected chi connectivity index (χ3v) is 2.86. The van der Waals surface area contributed by atoms with Crippen molar-refractivity contribution in [3.8, 4) is 0 Å². The molecule has 122 valence electrons. The van der Waals surface area contributed by atoms with E-state index in [-0.39, 0.29) is 0 Å². The Morgan fingerprint density at radius 2 is 1.55 bits per heavy atom. The van der Waals surface area contributed by atoms with E-state index < -0.39 is 0 Å². The van der Waals surface area contributed by atoms with Crippen LogP contribution in [0.5, 0.6) is 0 Å². The fourth-order valence-electron chi connectivity index (χ4n) is 1.87. The molecule has 0 aliphatic heterocycles. The molecular formula is C22H34. The fraction of sp³-hybridized carbons (Fsp3) is 0.364. The van der Waals surface area contributed by atoms with Crippen molar-refractivity contribution in [1.82, 2.24) is 0 Å². The first-order chi connectivity index (χ1) is 10.8. The third-order valence-electron chi connectivity index (χ3n) is 2.86. The lowest BCUT2D eigenvalue weighted by atomic mass is 10.0. The number of allylic oxidation sites excluding steroid dienone is 6. The molecule has 22 heavy (non-hydrogen) atoms. The molecule has 2 rings (SSSR count). The summed E-state index contributed by atoms with van der Waals surface area (Å²) in [6.45, 7) is 17.9. The van der Waals surface area contributed by atoms with Crippen molar-refractivity contribution in [1.29, 1.82) is 0 Å². The van der Waals surface area contributed by atoms with Crippen LogP contribution in [0.3, 0.4) is 0 Å². The van der Waals surface area contributed by atoms with Crippen LogP contribution in [0.25, 0.3) is 6.08 Å². The van der Waals surface area contributed by atoms with Crippen LogP contribution in [0.4, 0.5) is 0 Å². The van der Waals surface area contributed by atoms with Crippen LogP contribution >= 0.6 is 0 Å². The molecule has 1 aliphatic rings. The van der Waals surface area contributed by atoms with E-state index in [0.29, 0.717) is 0 Å². The fourth-order valence-corrected chi connectivity index (χ4v) is 1.87. The molecule has 0 amide bonds. The topological polar surface area (TPSA) is 0 Å². The predicted molar refractivity (Wildman–Crippen MR) is 105 cm³/mol. The van der Waals surface area contributed by atoms with Gasteiger partial charge >= 0.3 is 0 Å². The Labute approximate surface area is 139 Å². The summed E-state index contributed by atoms with van der Waals surface area (Å²) in [5.74, 6) is 0. The number of hydrogen-bond donors (Lipinski definition) is 0. The molecule has 0 bridgehead atoms. The molecule has 0 radical (unpaired) electrons. The van der Waals surface area contributed by atoms with Crippen LogP contribution in [0.2, 0.25) is 0 Å². The normalized spacial score (nSPS) is 11.8. The van der Waals surface area contributed by atoms with Gasteiger partial charge in [0.25, 0.3) is 0 Å². The Morgan fingerprint density at radius 3 is 2.14 bits per heavy atom. The zero-order valence-corrected chi connectivity index (χ0v) is 15.6. The minimum absolute atomic E-state index is 1.02. The van der Waals surface area contributed by atoms with E-state index in [0.717, 1.165) is 6.42 Å². The molecule has 0 fully saturated rings. The second-order valence-corrected chi connectivity index (χ2v) is 3.98. The van der Waals surface area contributed by atoms with E-state index >= 15 is 0 Å². The van der Waals surface area contributed by atoms with Gasteiger partial charge < -0.3 is 0 Å². The highest BCUT2D eigenvalue weighted by Gasteiger charge is 2.05. The molecule has 0 saturated heterocycles. The second kappa shape index (κ2) is 15.6. The molecule has 1 aromatic rings. The molecule has 0 unspecified atom stereocenters. The Morgan fingerprint density at radius 1 is 0.955 bits per heavy atom.